The molecule has 1 unspecified atom stereocenters. The largest absolute Gasteiger partial charge is 0.491 e. The van der Waals surface area contributed by atoms with E-state index in [0.29, 0.717) is 56.7 Å². The number of nitrogens with zero attached hydrogens (tertiary/aromatic N) is 5. The van der Waals surface area contributed by atoms with Crippen molar-refractivity contribution >= 4 is 58.8 Å². The van der Waals surface area contributed by atoms with Gasteiger partial charge in [-0.15, -0.1) is 0 Å². The number of hydrogen-bond acceptors (Lipinski definition) is 13. The van der Waals surface area contributed by atoms with Crippen molar-refractivity contribution in [2.75, 3.05) is 61.3 Å². The fourth-order valence-corrected chi connectivity index (χ4v) is 11.5. The molecule has 3 N–H and O–H groups in total. The summed E-state index contributed by atoms with van der Waals surface area (Å²) in [6, 6.07) is 14.7. The molecule has 450 valence electrons. The smallest absolute Gasteiger partial charge is 0.245 e. The number of likely N-dealkylation sites (tertiary alicyclic amines) is 2. The topological polar surface area (TPSA) is 209 Å². The van der Waals surface area contributed by atoms with E-state index in [9.17, 15) is 33.6 Å². The molecule has 0 radical (unpaired) electrons. The molecule has 2 aromatic rings. The van der Waals surface area contributed by atoms with Crippen LogP contribution in [0, 0.1) is 23.7 Å². The van der Waals surface area contributed by atoms with Crippen molar-refractivity contribution in [3.8, 4) is 5.75 Å². The fraction of sp³-hybridized carbons (Fsp3) is 0.672. The van der Waals surface area contributed by atoms with E-state index in [1.165, 1.54) is 16.7 Å². The molecular weight excluding hydrogens is 1040 g/mol. The monoisotopic (exact) mass is 1140 g/mol. The predicted octanol–water partition coefficient (Wildman–Crippen LogP) is 7.60. The number of hydrazone groups is 1. The van der Waals surface area contributed by atoms with E-state index in [2.05, 4.69) is 21.2 Å². The minimum absolute atomic E-state index is 0. The van der Waals surface area contributed by atoms with Gasteiger partial charge in [0.05, 0.1) is 59.7 Å². The van der Waals surface area contributed by atoms with Crippen LogP contribution in [-0.4, -0.2) is 176 Å². The lowest BCUT2D eigenvalue weighted by atomic mass is 9.89. The van der Waals surface area contributed by atoms with Gasteiger partial charge in [0.15, 0.2) is 0 Å². The first-order valence-electron chi connectivity index (χ1n) is 27.9. The lowest BCUT2D eigenvalue weighted by Crippen LogP contribution is -2.59. The second-order valence-electron chi connectivity index (χ2n) is 22.1. The van der Waals surface area contributed by atoms with E-state index in [1.54, 1.807) is 33.1 Å². The molecule has 7 amide bonds. The Morgan fingerprint density at radius 1 is 0.850 bits per heavy atom. The standard InChI is InChI=1S/C59H92N8O10S.2CH4/c1-15-39(6)54(65(11)59(74)52(37(2)3)61-57(72)53(38(4)5)64(9)10)47(75-12)34-50(69)66-32-22-25-46(66)55(76-13)40(7)56(71)60-44(33-42-23-18-16-19-24-42)36-77-45-29-27-43(28-30-45)41(8)62-63-49(68)26-20-17-21-31-67-51(70)35-48(78-14)58(67)73;;/h16,18-19,23-24,27-30,37-40,44,46-48,52-55H,15,17,20-22,25-26,31-36H2,1-14H3,(H,60,71)(H,61,72)(H,63,68);2*1H4/b62-41-;;/t39-,40+,44-,46-,47+,48?,52-,53-,54-,55+;;/m0../s1. The first-order chi connectivity index (χ1) is 37.1. The number of nitrogens with one attached hydrogen (secondary N) is 3. The molecule has 80 heavy (non-hydrogen) atoms. The Labute approximate surface area is 484 Å². The van der Waals surface area contributed by atoms with Gasteiger partial charge in [-0.1, -0.05) is 106 Å². The first-order valence-corrected chi connectivity index (χ1v) is 29.2. The Morgan fingerprint density at radius 2 is 1.51 bits per heavy atom. The Balaban J connectivity index is 0.0000109. The van der Waals surface area contributed by atoms with E-state index in [-0.39, 0.29) is 111 Å². The number of amides is 7. The molecule has 2 aliphatic heterocycles. The number of ether oxygens (including phenoxy) is 3. The summed E-state index contributed by atoms with van der Waals surface area (Å²) in [4.78, 5) is 101. The van der Waals surface area contributed by atoms with Gasteiger partial charge in [0, 0.05) is 47.2 Å². The third-order valence-electron chi connectivity index (χ3n) is 15.5. The molecule has 2 saturated heterocycles. The number of imide groups is 1. The number of carbonyl (C=O) groups excluding carboxylic acids is 7. The van der Waals surface area contributed by atoms with Crippen LogP contribution >= 0.6 is 11.8 Å². The molecule has 10 atom stereocenters. The van der Waals surface area contributed by atoms with Crippen molar-refractivity contribution in [1.29, 1.82) is 0 Å². The minimum Gasteiger partial charge on any atom is -0.491 e. The van der Waals surface area contributed by atoms with Gasteiger partial charge in [0.2, 0.25) is 41.4 Å². The second kappa shape index (κ2) is 34.8. The molecule has 0 spiro atoms. The predicted molar refractivity (Wildman–Crippen MR) is 320 cm³/mol. The zero-order valence-electron chi connectivity index (χ0n) is 49.0. The zero-order valence-corrected chi connectivity index (χ0v) is 49.9. The maximum Gasteiger partial charge on any atom is 0.245 e. The summed E-state index contributed by atoms with van der Waals surface area (Å²) in [5, 5.41) is 10.3. The molecule has 2 aromatic carbocycles. The van der Waals surface area contributed by atoms with Crippen molar-refractivity contribution in [2.24, 2.45) is 28.8 Å². The van der Waals surface area contributed by atoms with Gasteiger partial charge in [-0.25, -0.2) is 5.43 Å². The number of thioether (sulfide) groups is 1. The van der Waals surface area contributed by atoms with E-state index in [4.69, 9.17) is 14.2 Å². The Hall–Kier alpha value is -5.37. The van der Waals surface area contributed by atoms with Crippen molar-refractivity contribution in [1.82, 2.24) is 35.7 Å². The van der Waals surface area contributed by atoms with E-state index in [1.807, 2.05) is 133 Å². The molecule has 18 nitrogen and oxygen atoms in total. The van der Waals surface area contributed by atoms with Gasteiger partial charge < -0.3 is 34.6 Å². The molecular formula is C61H100N8O10S. The number of hydrogen-bond donors (Lipinski definition) is 3. The second-order valence-corrected chi connectivity index (χ2v) is 23.1. The Kier molecular flexibility index (Phi) is 30.8. The Morgan fingerprint density at radius 3 is 2.08 bits per heavy atom. The quantitative estimate of drug-likeness (QED) is 0.0280. The fourth-order valence-electron chi connectivity index (χ4n) is 10.9. The molecule has 0 aliphatic carbocycles. The lowest BCUT2D eigenvalue weighted by Gasteiger charge is -2.41. The maximum atomic E-state index is 14.5. The highest BCUT2D eigenvalue weighted by molar-refractivity contribution is 8.00. The molecule has 2 heterocycles. The van der Waals surface area contributed by atoms with Crippen molar-refractivity contribution in [3.63, 3.8) is 0 Å². The van der Waals surface area contributed by atoms with Crippen LogP contribution in [0.2, 0.25) is 0 Å². The molecule has 19 heteroatoms. The molecule has 0 saturated carbocycles. The summed E-state index contributed by atoms with van der Waals surface area (Å²) in [6.07, 6.45) is 5.60. The SMILES string of the molecule is C.C.CC[C@H](C)[C@@H]([C@@H](CC(=O)N1CCC[C@H]1[C@H](OC)[C@@H](C)C(=O)N[C@H](COc1ccc(/C(C)=N\NC(=O)CCCCCN2C(=O)CC(SC)C2=O)cc1)Cc1ccccc1)OC)N(C)C(=O)[C@@H](NC(=O)[C@H](C(C)C)N(C)C)C(C)C. The zero-order chi connectivity index (χ0) is 57.8. The minimum atomic E-state index is -0.787. The number of unbranched alkanes of at least 4 members (excludes halogenated alkanes) is 2. The third kappa shape index (κ3) is 20.0. The lowest BCUT2D eigenvalue weighted by molar-refractivity contribution is -0.148. The van der Waals surface area contributed by atoms with Gasteiger partial charge >= 0.3 is 0 Å². The average molecular weight is 1140 g/mol. The van der Waals surface area contributed by atoms with Crippen LogP contribution in [0.25, 0.3) is 0 Å². The van der Waals surface area contributed by atoms with E-state index in [0.717, 1.165) is 24.0 Å². The van der Waals surface area contributed by atoms with Crippen LogP contribution in [0.15, 0.2) is 59.7 Å². The van der Waals surface area contributed by atoms with Crippen LogP contribution in [0.5, 0.6) is 5.75 Å². The molecule has 0 bridgehead atoms. The van der Waals surface area contributed by atoms with E-state index >= 15 is 0 Å². The van der Waals surface area contributed by atoms with Crippen molar-refractivity contribution in [3.05, 3.63) is 65.7 Å². The van der Waals surface area contributed by atoms with Gasteiger partial charge in [0.1, 0.15) is 18.4 Å². The van der Waals surface area contributed by atoms with Gasteiger partial charge in [-0.05, 0) is 113 Å². The molecule has 4 rings (SSSR count). The summed E-state index contributed by atoms with van der Waals surface area (Å²) < 4.78 is 18.5. The first kappa shape index (κ1) is 70.7. The summed E-state index contributed by atoms with van der Waals surface area (Å²) >= 11 is 1.40. The van der Waals surface area contributed by atoms with Crippen molar-refractivity contribution < 1.29 is 47.8 Å². The summed E-state index contributed by atoms with van der Waals surface area (Å²) in [5.74, 6) is -1.62. The van der Waals surface area contributed by atoms with E-state index < -0.39 is 42.3 Å². The van der Waals surface area contributed by atoms with Crippen LogP contribution in [0.1, 0.15) is 139 Å². The van der Waals surface area contributed by atoms with Gasteiger partial charge in [-0.3, -0.25) is 43.4 Å². The average Bonchev–Trinajstić information content (AvgIpc) is 4.01. The molecule has 2 aliphatic rings. The highest BCUT2D eigenvalue weighted by Crippen LogP contribution is 2.30. The Bertz CT molecular complexity index is 2290. The summed E-state index contributed by atoms with van der Waals surface area (Å²) in [5.41, 5.74) is 5.03. The highest BCUT2D eigenvalue weighted by Gasteiger charge is 2.44. The van der Waals surface area contributed by atoms with Crippen LogP contribution in [0.3, 0.4) is 0 Å². The van der Waals surface area contributed by atoms with Crippen LogP contribution in [0.4, 0.5) is 0 Å². The number of methoxy groups -OCH3 is 2. The number of likely N-dealkylation sites (N-methyl/N-ethyl adjacent to an activating group) is 2. The summed E-state index contributed by atoms with van der Waals surface area (Å²) in [6.45, 7) is 16.5. The normalized spacial score (nSPS) is 18.6. The van der Waals surface area contributed by atoms with Crippen LogP contribution in [-0.2, 0) is 49.5 Å². The molecule has 2 fully saturated rings. The van der Waals surface area contributed by atoms with Gasteiger partial charge in [0.25, 0.3) is 0 Å². The molecule has 0 aromatic heterocycles. The number of carbonyl (C=O) groups is 7. The third-order valence-corrected chi connectivity index (χ3v) is 16.4. The van der Waals surface area contributed by atoms with Gasteiger partial charge in [-0.2, -0.15) is 16.9 Å². The number of benzene rings is 2. The summed E-state index contributed by atoms with van der Waals surface area (Å²) in [7, 11) is 8.58. The van der Waals surface area contributed by atoms with Crippen molar-refractivity contribution in [2.45, 2.75) is 182 Å². The number of rotatable bonds is 32. The maximum absolute atomic E-state index is 14.5. The van der Waals surface area contributed by atoms with Crippen LogP contribution < -0.4 is 20.8 Å². The highest BCUT2D eigenvalue weighted by atomic mass is 32.2.